The standard InChI is InChI=1S/C25H24N2O4S2/c1-4-17-11-13-20(16-21(17)25(28)31-3)33(29,30)27(5-2)19-12-14-23-22(15-19)26-24(32-23)18-9-7-6-8-10-18/h6-16H,4-5H2,1-3H3. The van der Waals surface area contributed by atoms with Gasteiger partial charge < -0.3 is 4.74 Å². The molecule has 0 unspecified atom stereocenters. The molecule has 0 atom stereocenters. The van der Waals surface area contributed by atoms with Crippen LogP contribution in [0.3, 0.4) is 0 Å². The molecule has 8 heteroatoms. The van der Waals surface area contributed by atoms with Crippen LogP contribution in [0.15, 0.2) is 71.6 Å². The first-order valence-electron chi connectivity index (χ1n) is 10.6. The van der Waals surface area contributed by atoms with Crippen LogP contribution < -0.4 is 4.31 Å². The summed E-state index contributed by atoms with van der Waals surface area (Å²) in [4.78, 5) is 17.0. The van der Waals surface area contributed by atoms with Crippen LogP contribution in [-0.4, -0.2) is 33.0 Å². The number of anilines is 1. The molecule has 6 nitrogen and oxygen atoms in total. The van der Waals surface area contributed by atoms with Crippen LogP contribution in [0.25, 0.3) is 20.8 Å². The molecule has 33 heavy (non-hydrogen) atoms. The van der Waals surface area contributed by atoms with Gasteiger partial charge >= 0.3 is 5.97 Å². The van der Waals surface area contributed by atoms with E-state index in [1.807, 2.05) is 43.3 Å². The van der Waals surface area contributed by atoms with Gasteiger partial charge in [0.05, 0.1) is 33.5 Å². The van der Waals surface area contributed by atoms with Gasteiger partial charge in [-0.25, -0.2) is 18.2 Å². The van der Waals surface area contributed by atoms with Crippen molar-refractivity contribution >= 4 is 43.2 Å². The van der Waals surface area contributed by atoms with E-state index in [9.17, 15) is 13.2 Å². The van der Waals surface area contributed by atoms with Gasteiger partial charge in [-0.2, -0.15) is 0 Å². The molecule has 0 saturated carbocycles. The maximum absolute atomic E-state index is 13.5. The second-order valence-corrected chi connectivity index (χ2v) is 10.3. The number of aryl methyl sites for hydroxylation is 1. The molecule has 0 amide bonds. The van der Waals surface area contributed by atoms with Crippen molar-refractivity contribution in [3.63, 3.8) is 0 Å². The normalized spacial score (nSPS) is 11.5. The van der Waals surface area contributed by atoms with Crippen molar-refractivity contribution in [2.75, 3.05) is 18.0 Å². The SMILES string of the molecule is CCc1ccc(S(=O)(=O)N(CC)c2ccc3sc(-c4ccccc4)nc3c2)cc1C(=O)OC. The maximum Gasteiger partial charge on any atom is 0.338 e. The number of methoxy groups -OCH3 is 1. The molecule has 0 aliphatic heterocycles. The Morgan fingerprint density at radius 3 is 2.45 bits per heavy atom. The third-order valence-electron chi connectivity index (χ3n) is 5.42. The highest BCUT2D eigenvalue weighted by Crippen LogP contribution is 2.34. The lowest BCUT2D eigenvalue weighted by molar-refractivity contribution is 0.0599. The van der Waals surface area contributed by atoms with Gasteiger partial charge in [-0.05, 0) is 49.2 Å². The van der Waals surface area contributed by atoms with Crippen LogP contribution in [0.5, 0.6) is 0 Å². The fraction of sp³-hybridized carbons (Fsp3) is 0.200. The number of nitrogens with zero attached hydrogens (tertiary/aromatic N) is 2. The lowest BCUT2D eigenvalue weighted by Crippen LogP contribution is -2.31. The van der Waals surface area contributed by atoms with Crippen LogP contribution in [0.4, 0.5) is 5.69 Å². The molecular formula is C25H24N2O4S2. The second kappa shape index (κ2) is 9.33. The van der Waals surface area contributed by atoms with Gasteiger partial charge in [0.2, 0.25) is 0 Å². The van der Waals surface area contributed by atoms with Gasteiger partial charge in [-0.15, -0.1) is 11.3 Å². The zero-order chi connectivity index (χ0) is 23.6. The minimum atomic E-state index is -3.91. The summed E-state index contributed by atoms with van der Waals surface area (Å²) in [5, 5.41) is 0.881. The Morgan fingerprint density at radius 1 is 1.03 bits per heavy atom. The Labute approximate surface area is 197 Å². The van der Waals surface area contributed by atoms with Crippen LogP contribution in [-0.2, 0) is 21.2 Å². The molecule has 0 N–H and O–H groups in total. The molecule has 0 fully saturated rings. The number of carbonyl (C=O) groups is 1. The third kappa shape index (κ3) is 4.36. The topological polar surface area (TPSA) is 76.6 Å². The number of esters is 1. The summed E-state index contributed by atoms with van der Waals surface area (Å²) in [5.74, 6) is -0.552. The molecule has 0 aliphatic rings. The van der Waals surface area contributed by atoms with E-state index in [4.69, 9.17) is 9.72 Å². The molecule has 0 aliphatic carbocycles. The van der Waals surface area contributed by atoms with Gasteiger partial charge in [0, 0.05) is 12.1 Å². The maximum atomic E-state index is 13.5. The van der Waals surface area contributed by atoms with Crippen molar-refractivity contribution in [2.45, 2.75) is 25.2 Å². The smallest absolute Gasteiger partial charge is 0.338 e. The molecule has 0 spiro atoms. The largest absolute Gasteiger partial charge is 0.465 e. The fourth-order valence-electron chi connectivity index (χ4n) is 3.72. The monoisotopic (exact) mass is 480 g/mol. The quantitative estimate of drug-likeness (QED) is 0.325. The summed E-state index contributed by atoms with van der Waals surface area (Å²) >= 11 is 1.56. The van der Waals surface area contributed by atoms with Gasteiger partial charge in [-0.1, -0.05) is 43.3 Å². The van der Waals surface area contributed by atoms with Crippen molar-refractivity contribution in [1.82, 2.24) is 4.98 Å². The molecule has 0 radical (unpaired) electrons. The molecule has 3 aromatic carbocycles. The van der Waals surface area contributed by atoms with Crippen molar-refractivity contribution in [1.29, 1.82) is 0 Å². The molecular weight excluding hydrogens is 456 g/mol. The van der Waals surface area contributed by atoms with Gasteiger partial charge in [-0.3, -0.25) is 4.31 Å². The number of sulfonamides is 1. The third-order valence-corrected chi connectivity index (χ3v) is 8.41. The average molecular weight is 481 g/mol. The summed E-state index contributed by atoms with van der Waals surface area (Å²) in [5.41, 5.74) is 3.28. The number of aromatic nitrogens is 1. The first-order valence-corrected chi connectivity index (χ1v) is 12.8. The number of hydrogen-bond acceptors (Lipinski definition) is 6. The van der Waals surface area contributed by atoms with Gasteiger partial charge in [0.15, 0.2) is 0 Å². The van der Waals surface area contributed by atoms with E-state index in [1.165, 1.54) is 23.5 Å². The van der Waals surface area contributed by atoms with Crippen LogP contribution in [0, 0.1) is 0 Å². The van der Waals surface area contributed by atoms with E-state index < -0.39 is 16.0 Å². The predicted octanol–water partition coefficient (Wildman–Crippen LogP) is 5.53. The van der Waals surface area contributed by atoms with E-state index in [0.29, 0.717) is 12.1 Å². The minimum Gasteiger partial charge on any atom is -0.465 e. The first-order chi connectivity index (χ1) is 15.9. The predicted molar refractivity (Wildman–Crippen MR) is 132 cm³/mol. The molecule has 4 rings (SSSR count). The Morgan fingerprint density at radius 2 is 1.79 bits per heavy atom. The molecule has 0 saturated heterocycles. The van der Waals surface area contributed by atoms with E-state index >= 15 is 0 Å². The second-order valence-electron chi connectivity index (χ2n) is 7.37. The van der Waals surface area contributed by atoms with Crippen molar-refractivity contribution in [2.24, 2.45) is 0 Å². The van der Waals surface area contributed by atoms with Crippen molar-refractivity contribution in [3.8, 4) is 10.6 Å². The van der Waals surface area contributed by atoms with E-state index in [2.05, 4.69) is 0 Å². The highest BCUT2D eigenvalue weighted by molar-refractivity contribution is 7.92. The van der Waals surface area contributed by atoms with E-state index in [1.54, 1.807) is 36.5 Å². The molecule has 0 bridgehead atoms. The lowest BCUT2D eigenvalue weighted by atomic mass is 10.1. The highest BCUT2D eigenvalue weighted by Gasteiger charge is 2.26. The molecule has 170 valence electrons. The Kier molecular flexibility index (Phi) is 6.49. The summed E-state index contributed by atoms with van der Waals surface area (Å²) in [7, 11) is -2.62. The lowest BCUT2D eigenvalue weighted by Gasteiger charge is -2.23. The number of benzene rings is 3. The highest BCUT2D eigenvalue weighted by atomic mass is 32.2. The van der Waals surface area contributed by atoms with E-state index in [-0.39, 0.29) is 17.0 Å². The number of hydrogen-bond donors (Lipinski definition) is 0. The zero-order valence-corrected chi connectivity index (χ0v) is 20.2. The van der Waals surface area contributed by atoms with Gasteiger partial charge in [0.25, 0.3) is 10.0 Å². The van der Waals surface area contributed by atoms with Crippen molar-refractivity contribution in [3.05, 3.63) is 77.9 Å². The number of fused-ring (bicyclic) bond motifs is 1. The minimum absolute atomic E-state index is 0.0466. The Balaban J connectivity index is 1.75. The Hall–Kier alpha value is -3.23. The number of carbonyl (C=O) groups excluding carboxylic acids is 1. The first kappa shape index (κ1) is 22.9. The summed E-state index contributed by atoms with van der Waals surface area (Å²) in [6.07, 6.45) is 0.590. The average Bonchev–Trinajstić information content (AvgIpc) is 3.27. The Bertz CT molecular complexity index is 1410. The summed E-state index contributed by atoms with van der Waals surface area (Å²) < 4.78 is 34.2. The molecule has 1 heterocycles. The van der Waals surface area contributed by atoms with E-state index in [0.717, 1.165) is 26.4 Å². The van der Waals surface area contributed by atoms with Crippen LogP contribution in [0.1, 0.15) is 29.8 Å². The summed E-state index contributed by atoms with van der Waals surface area (Å²) in [6, 6.07) is 20.0. The number of ether oxygens (including phenoxy) is 1. The fourth-order valence-corrected chi connectivity index (χ4v) is 6.16. The molecule has 1 aromatic heterocycles. The summed E-state index contributed by atoms with van der Waals surface area (Å²) in [6.45, 7) is 3.91. The zero-order valence-electron chi connectivity index (χ0n) is 18.6. The molecule has 4 aromatic rings. The number of rotatable bonds is 7. The van der Waals surface area contributed by atoms with Crippen molar-refractivity contribution < 1.29 is 17.9 Å². The van der Waals surface area contributed by atoms with Crippen LogP contribution in [0.2, 0.25) is 0 Å². The number of thiazole rings is 1. The van der Waals surface area contributed by atoms with Gasteiger partial charge in [0.1, 0.15) is 5.01 Å². The van der Waals surface area contributed by atoms with Crippen LogP contribution >= 0.6 is 11.3 Å².